The van der Waals surface area contributed by atoms with Gasteiger partial charge in [-0.3, -0.25) is 0 Å². The van der Waals surface area contributed by atoms with Crippen molar-refractivity contribution in [1.29, 1.82) is 0 Å². The third kappa shape index (κ3) is 6.26. The summed E-state index contributed by atoms with van der Waals surface area (Å²) < 4.78 is 7.66. The fraction of sp³-hybridized carbons (Fsp3) is 0.722. The molecule has 132 valence electrons. The van der Waals surface area contributed by atoms with Crippen molar-refractivity contribution in [3.8, 4) is 0 Å². The molecular formula is C18H33N3O2. The third-order valence-electron chi connectivity index (χ3n) is 3.90. The highest BCUT2D eigenvalue weighted by Gasteiger charge is 2.21. The van der Waals surface area contributed by atoms with E-state index in [9.17, 15) is 4.79 Å². The van der Waals surface area contributed by atoms with E-state index in [2.05, 4.69) is 43.8 Å². The Balaban J connectivity index is 2.46. The van der Waals surface area contributed by atoms with E-state index < -0.39 is 5.60 Å². The molecule has 1 aromatic rings. The van der Waals surface area contributed by atoms with Gasteiger partial charge in [0.05, 0.1) is 0 Å². The lowest BCUT2D eigenvalue weighted by Crippen LogP contribution is -2.40. The van der Waals surface area contributed by atoms with Crippen LogP contribution >= 0.6 is 0 Å². The number of carbonyl (C=O) groups is 1. The van der Waals surface area contributed by atoms with Gasteiger partial charge in [0.2, 0.25) is 0 Å². The molecule has 0 saturated heterocycles. The van der Waals surface area contributed by atoms with Crippen LogP contribution in [-0.2, 0) is 18.3 Å². The van der Waals surface area contributed by atoms with Gasteiger partial charge in [-0.05, 0) is 52.7 Å². The van der Waals surface area contributed by atoms with Crippen LogP contribution in [0.2, 0.25) is 0 Å². The van der Waals surface area contributed by atoms with E-state index >= 15 is 0 Å². The van der Waals surface area contributed by atoms with Gasteiger partial charge >= 0.3 is 6.09 Å². The Morgan fingerprint density at radius 3 is 2.43 bits per heavy atom. The molecule has 0 bridgehead atoms. The molecule has 1 heterocycles. The van der Waals surface area contributed by atoms with Gasteiger partial charge in [-0.1, -0.05) is 6.92 Å². The molecule has 5 nitrogen and oxygen atoms in total. The number of nitrogens with zero attached hydrogens (tertiary/aromatic N) is 2. The average molecular weight is 323 g/mol. The zero-order valence-electron chi connectivity index (χ0n) is 15.8. The predicted octanol–water partition coefficient (Wildman–Crippen LogP) is 3.38. The molecule has 0 atom stereocenters. The van der Waals surface area contributed by atoms with Crippen molar-refractivity contribution < 1.29 is 9.53 Å². The molecule has 5 heteroatoms. The molecule has 0 spiro atoms. The smallest absolute Gasteiger partial charge is 0.410 e. The van der Waals surface area contributed by atoms with Gasteiger partial charge in [0, 0.05) is 44.6 Å². The molecule has 1 N–H and O–H groups in total. The van der Waals surface area contributed by atoms with Crippen LogP contribution in [0.15, 0.2) is 6.07 Å². The molecule has 0 aromatic carbocycles. The van der Waals surface area contributed by atoms with E-state index in [1.165, 1.54) is 17.0 Å². The maximum atomic E-state index is 12.2. The molecule has 0 aliphatic rings. The number of ether oxygens (including phenoxy) is 1. The van der Waals surface area contributed by atoms with E-state index in [4.69, 9.17) is 4.74 Å². The lowest BCUT2D eigenvalue weighted by atomic mass is 10.2. The summed E-state index contributed by atoms with van der Waals surface area (Å²) in [5.41, 5.74) is 3.41. The summed E-state index contributed by atoms with van der Waals surface area (Å²) in [7, 11) is 2.08. The molecular weight excluding hydrogens is 290 g/mol. The summed E-state index contributed by atoms with van der Waals surface area (Å²) in [6, 6.07) is 2.21. The first kappa shape index (κ1) is 19.6. The normalized spacial score (nSPS) is 11.6. The van der Waals surface area contributed by atoms with E-state index in [-0.39, 0.29) is 6.09 Å². The first-order valence-corrected chi connectivity index (χ1v) is 8.46. The summed E-state index contributed by atoms with van der Waals surface area (Å²) in [5, 5.41) is 3.43. The fourth-order valence-electron chi connectivity index (χ4n) is 2.44. The number of aryl methyl sites for hydroxylation is 1. The van der Waals surface area contributed by atoms with Crippen LogP contribution in [0.5, 0.6) is 0 Å². The second-order valence-electron chi connectivity index (χ2n) is 7.10. The van der Waals surface area contributed by atoms with Crippen LogP contribution in [0, 0.1) is 13.8 Å². The monoisotopic (exact) mass is 323 g/mol. The first-order chi connectivity index (χ1) is 10.7. The Hall–Kier alpha value is -1.49. The summed E-state index contributed by atoms with van der Waals surface area (Å²) in [5.74, 6) is 0. The van der Waals surface area contributed by atoms with Gasteiger partial charge in [-0.15, -0.1) is 0 Å². The van der Waals surface area contributed by atoms with Crippen LogP contribution in [0.25, 0.3) is 0 Å². The number of aromatic nitrogens is 1. The predicted molar refractivity (Wildman–Crippen MR) is 94.7 cm³/mol. The molecule has 0 unspecified atom stereocenters. The van der Waals surface area contributed by atoms with Crippen molar-refractivity contribution in [2.24, 2.45) is 7.05 Å². The molecule has 1 amide bonds. The highest BCUT2D eigenvalue weighted by atomic mass is 16.6. The number of hydrogen-bond acceptors (Lipinski definition) is 3. The van der Waals surface area contributed by atoms with Crippen molar-refractivity contribution in [2.75, 3.05) is 19.6 Å². The van der Waals surface area contributed by atoms with Crippen LogP contribution in [0.1, 0.15) is 51.1 Å². The van der Waals surface area contributed by atoms with E-state index in [1.54, 1.807) is 4.90 Å². The summed E-state index contributed by atoms with van der Waals surface area (Å²) in [4.78, 5) is 14.0. The lowest BCUT2D eigenvalue weighted by Gasteiger charge is -2.27. The van der Waals surface area contributed by atoms with Gasteiger partial charge in [0.25, 0.3) is 0 Å². The van der Waals surface area contributed by atoms with Crippen LogP contribution in [-0.4, -0.2) is 40.8 Å². The van der Waals surface area contributed by atoms with Gasteiger partial charge in [0.15, 0.2) is 0 Å². The maximum Gasteiger partial charge on any atom is 0.410 e. The molecule has 23 heavy (non-hydrogen) atoms. The minimum atomic E-state index is -0.449. The highest BCUT2D eigenvalue weighted by molar-refractivity contribution is 5.68. The van der Waals surface area contributed by atoms with Crippen LogP contribution < -0.4 is 5.32 Å². The van der Waals surface area contributed by atoms with Gasteiger partial charge in [-0.25, -0.2) is 4.79 Å². The molecule has 1 aromatic heterocycles. The minimum absolute atomic E-state index is 0.229. The van der Waals surface area contributed by atoms with E-state index in [0.29, 0.717) is 6.54 Å². The number of carbonyl (C=O) groups excluding carboxylic acids is 1. The van der Waals surface area contributed by atoms with Crippen LogP contribution in [0.3, 0.4) is 0 Å². The molecule has 0 saturated carbocycles. The topological polar surface area (TPSA) is 46.5 Å². The van der Waals surface area contributed by atoms with E-state index in [0.717, 1.165) is 26.1 Å². The summed E-state index contributed by atoms with van der Waals surface area (Å²) in [6.07, 6.45) is 0.698. The third-order valence-corrected chi connectivity index (χ3v) is 3.90. The number of nitrogens with one attached hydrogen (secondary N) is 1. The second-order valence-corrected chi connectivity index (χ2v) is 7.10. The van der Waals surface area contributed by atoms with E-state index in [1.807, 2.05) is 20.8 Å². The quantitative estimate of drug-likeness (QED) is 0.783. The first-order valence-electron chi connectivity index (χ1n) is 8.46. The molecule has 1 rings (SSSR count). The Morgan fingerprint density at radius 2 is 1.96 bits per heavy atom. The molecule has 0 aliphatic heterocycles. The second kappa shape index (κ2) is 8.39. The number of hydrogen-bond donors (Lipinski definition) is 1. The van der Waals surface area contributed by atoms with Crippen molar-refractivity contribution in [3.05, 3.63) is 23.0 Å². The number of amides is 1. The Morgan fingerprint density at radius 1 is 1.30 bits per heavy atom. The fourth-order valence-corrected chi connectivity index (χ4v) is 2.44. The average Bonchev–Trinajstić information content (AvgIpc) is 2.67. The highest BCUT2D eigenvalue weighted by Crippen LogP contribution is 2.13. The minimum Gasteiger partial charge on any atom is -0.444 e. The summed E-state index contributed by atoms with van der Waals surface area (Å²) in [6.45, 7) is 15.0. The molecule has 0 aliphatic carbocycles. The maximum absolute atomic E-state index is 12.2. The van der Waals surface area contributed by atoms with Crippen molar-refractivity contribution >= 4 is 6.09 Å². The van der Waals surface area contributed by atoms with Crippen molar-refractivity contribution in [2.45, 2.75) is 60.1 Å². The summed E-state index contributed by atoms with van der Waals surface area (Å²) >= 11 is 0. The SMILES string of the molecule is CCCN(CCNCc1cc(C)n(C)c1C)C(=O)OC(C)(C)C. The standard InChI is InChI=1S/C18H33N3O2/c1-8-10-21(17(22)23-18(4,5)6)11-9-19-13-16-12-14(2)20(7)15(16)3/h12,19H,8-11,13H2,1-7H3. The Labute approximate surface area is 141 Å². The van der Waals surface area contributed by atoms with Crippen molar-refractivity contribution in [3.63, 3.8) is 0 Å². The molecule has 0 radical (unpaired) electrons. The van der Waals surface area contributed by atoms with Gasteiger partial charge in [0.1, 0.15) is 5.60 Å². The molecule has 0 fully saturated rings. The van der Waals surface area contributed by atoms with Gasteiger partial charge in [-0.2, -0.15) is 0 Å². The zero-order chi connectivity index (χ0) is 17.6. The van der Waals surface area contributed by atoms with Crippen molar-refractivity contribution in [1.82, 2.24) is 14.8 Å². The number of rotatable bonds is 7. The Bertz CT molecular complexity index is 515. The largest absolute Gasteiger partial charge is 0.444 e. The Kier molecular flexibility index (Phi) is 7.13. The zero-order valence-corrected chi connectivity index (χ0v) is 15.8. The van der Waals surface area contributed by atoms with Gasteiger partial charge < -0.3 is 19.5 Å². The van der Waals surface area contributed by atoms with Crippen LogP contribution in [0.4, 0.5) is 4.79 Å². The lowest BCUT2D eigenvalue weighted by molar-refractivity contribution is 0.0252.